The van der Waals surface area contributed by atoms with Gasteiger partial charge < -0.3 is 9.72 Å². The van der Waals surface area contributed by atoms with E-state index in [-0.39, 0.29) is 11.5 Å². The van der Waals surface area contributed by atoms with E-state index in [1.54, 1.807) is 23.7 Å². The van der Waals surface area contributed by atoms with Gasteiger partial charge in [0.25, 0.3) is 5.69 Å². The molecule has 21 heavy (non-hydrogen) atoms. The van der Waals surface area contributed by atoms with Crippen LogP contribution in [-0.4, -0.2) is 22.8 Å². The largest absolute Gasteiger partial charge is 0.496 e. The van der Waals surface area contributed by atoms with Crippen molar-refractivity contribution in [3.8, 4) is 5.75 Å². The number of thiophene rings is 1. The highest BCUT2D eigenvalue weighted by molar-refractivity contribution is 7.12. The molecule has 0 amide bonds. The normalized spacial score (nSPS) is 10.7. The lowest BCUT2D eigenvalue weighted by molar-refractivity contribution is -0.384. The van der Waals surface area contributed by atoms with Gasteiger partial charge in [0, 0.05) is 46.2 Å². The molecule has 0 radical (unpaired) electrons. The van der Waals surface area contributed by atoms with E-state index < -0.39 is 4.92 Å². The van der Waals surface area contributed by atoms with Crippen molar-refractivity contribution in [1.82, 2.24) is 4.98 Å². The SMILES string of the molecule is COc1csc(C(=O)c2c[nH]c3ccc([N+](=O)[O-])cc23)c1. The van der Waals surface area contributed by atoms with Crippen molar-refractivity contribution in [1.29, 1.82) is 0 Å². The minimum Gasteiger partial charge on any atom is -0.496 e. The molecule has 0 saturated heterocycles. The van der Waals surface area contributed by atoms with Crippen LogP contribution in [0.1, 0.15) is 15.2 Å². The second-order valence-electron chi connectivity index (χ2n) is 4.37. The molecule has 0 aliphatic carbocycles. The van der Waals surface area contributed by atoms with Crippen LogP contribution >= 0.6 is 11.3 Å². The van der Waals surface area contributed by atoms with Gasteiger partial charge in [0.15, 0.2) is 0 Å². The highest BCUT2D eigenvalue weighted by atomic mass is 32.1. The van der Waals surface area contributed by atoms with Gasteiger partial charge in [-0.1, -0.05) is 0 Å². The molecule has 106 valence electrons. The summed E-state index contributed by atoms with van der Waals surface area (Å²) in [6, 6.07) is 6.06. The summed E-state index contributed by atoms with van der Waals surface area (Å²) in [7, 11) is 1.53. The van der Waals surface area contributed by atoms with Crippen molar-refractivity contribution in [3.05, 3.63) is 56.4 Å². The van der Waals surface area contributed by atoms with Gasteiger partial charge in [0.05, 0.1) is 16.9 Å². The third-order valence-electron chi connectivity index (χ3n) is 3.16. The average molecular weight is 302 g/mol. The third-order valence-corrected chi connectivity index (χ3v) is 4.06. The predicted molar refractivity (Wildman–Crippen MR) is 79.3 cm³/mol. The second kappa shape index (κ2) is 5.02. The Balaban J connectivity index is 2.09. The van der Waals surface area contributed by atoms with Crippen LogP contribution in [0.4, 0.5) is 5.69 Å². The maximum Gasteiger partial charge on any atom is 0.270 e. The van der Waals surface area contributed by atoms with E-state index in [0.717, 1.165) is 0 Å². The number of rotatable bonds is 4. The number of non-ortho nitro benzene ring substituents is 1. The Morgan fingerprint density at radius 3 is 2.86 bits per heavy atom. The molecule has 3 aromatic rings. The van der Waals surface area contributed by atoms with Crippen molar-refractivity contribution >= 4 is 33.7 Å². The first kappa shape index (κ1) is 13.3. The van der Waals surface area contributed by atoms with E-state index in [2.05, 4.69) is 4.98 Å². The second-order valence-corrected chi connectivity index (χ2v) is 5.28. The Morgan fingerprint density at radius 2 is 2.19 bits per heavy atom. The summed E-state index contributed by atoms with van der Waals surface area (Å²) >= 11 is 1.28. The van der Waals surface area contributed by atoms with Crippen LogP contribution in [0.15, 0.2) is 35.8 Å². The topological polar surface area (TPSA) is 85.2 Å². The Kier molecular flexibility index (Phi) is 3.19. The summed E-state index contributed by atoms with van der Waals surface area (Å²) in [6.07, 6.45) is 1.57. The molecule has 0 unspecified atom stereocenters. The van der Waals surface area contributed by atoms with Crippen molar-refractivity contribution in [2.24, 2.45) is 0 Å². The van der Waals surface area contributed by atoms with Gasteiger partial charge in [-0.05, 0) is 6.07 Å². The van der Waals surface area contributed by atoms with Crippen LogP contribution < -0.4 is 4.74 Å². The van der Waals surface area contributed by atoms with E-state index in [4.69, 9.17) is 4.74 Å². The van der Waals surface area contributed by atoms with Crippen molar-refractivity contribution in [2.45, 2.75) is 0 Å². The summed E-state index contributed by atoms with van der Waals surface area (Å²) in [4.78, 5) is 26.4. The fourth-order valence-corrected chi connectivity index (χ4v) is 2.90. The molecule has 1 aromatic carbocycles. The molecule has 3 rings (SSSR count). The predicted octanol–water partition coefficient (Wildman–Crippen LogP) is 3.38. The van der Waals surface area contributed by atoms with Gasteiger partial charge in [-0.15, -0.1) is 11.3 Å². The average Bonchev–Trinajstić information content (AvgIpc) is 3.12. The number of benzene rings is 1. The molecule has 0 atom stereocenters. The molecule has 6 nitrogen and oxygen atoms in total. The van der Waals surface area contributed by atoms with Gasteiger partial charge in [-0.25, -0.2) is 0 Å². The van der Waals surface area contributed by atoms with Crippen LogP contribution in [-0.2, 0) is 0 Å². The van der Waals surface area contributed by atoms with Gasteiger partial charge in [-0.2, -0.15) is 0 Å². The van der Waals surface area contributed by atoms with Gasteiger partial charge >= 0.3 is 0 Å². The number of hydrogen-bond acceptors (Lipinski definition) is 5. The first-order valence-corrected chi connectivity index (χ1v) is 6.91. The number of nitro groups is 1. The van der Waals surface area contributed by atoms with Gasteiger partial charge in [0.1, 0.15) is 5.75 Å². The quantitative estimate of drug-likeness (QED) is 0.455. The fourth-order valence-electron chi connectivity index (χ4n) is 2.09. The van der Waals surface area contributed by atoms with Crippen molar-refractivity contribution in [3.63, 3.8) is 0 Å². The van der Waals surface area contributed by atoms with Gasteiger partial charge in [-0.3, -0.25) is 14.9 Å². The molecule has 2 heterocycles. The number of nitrogens with zero attached hydrogens (tertiary/aromatic N) is 1. The first-order valence-electron chi connectivity index (χ1n) is 6.03. The number of aromatic amines is 1. The third kappa shape index (κ3) is 2.27. The molecule has 0 bridgehead atoms. The number of ketones is 1. The highest BCUT2D eigenvalue weighted by Gasteiger charge is 2.18. The number of nitro benzene ring substituents is 1. The molecule has 0 fully saturated rings. The van der Waals surface area contributed by atoms with Crippen LogP contribution in [0.25, 0.3) is 10.9 Å². The van der Waals surface area contributed by atoms with E-state index in [0.29, 0.717) is 27.1 Å². The number of ether oxygens (including phenoxy) is 1. The van der Waals surface area contributed by atoms with Crippen LogP contribution in [0.3, 0.4) is 0 Å². The van der Waals surface area contributed by atoms with Crippen molar-refractivity contribution in [2.75, 3.05) is 7.11 Å². The van der Waals surface area contributed by atoms with Gasteiger partial charge in [0.2, 0.25) is 5.78 Å². The summed E-state index contributed by atoms with van der Waals surface area (Å²) < 4.78 is 5.06. The highest BCUT2D eigenvalue weighted by Crippen LogP contribution is 2.28. The Labute approximate surface area is 123 Å². The molecule has 1 N–H and O–H groups in total. The zero-order valence-corrected chi connectivity index (χ0v) is 11.8. The minimum absolute atomic E-state index is 0.0417. The van der Waals surface area contributed by atoms with E-state index >= 15 is 0 Å². The van der Waals surface area contributed by atoms with Crippen molar-refractivity contribution < 1.29 is 14.5 Å². The summed E-state index contributed by atoms with van der Waals surface area (Å²) in [5.74, 6) is 0.434. The Morgan fingerprint density at radius 1 is 1.38 bits per heavy atom. The lowest BCUT2D eigenvalue weighted by Gasteiger charge is -1.97. The monoisotopic (exact) mass is 302 g/mol. The molecule has 0 aliphatic rings. The number of fused-ring (bicyclic) bond motifs is 1. The number of methoxy groups -OCH3 is 1. The Hall–Kier alpha value is -2.67. The van der Waals surface area contributed by atoms with E-state index in [1.807, 2.05) is 0 Å². The minimum atomic E-state index is -0.477. The van der Waals surface area contributed by atoms with Crippen LogP contribution in [0.5, 0.6) is 5.75 Å². The summed E-state index contributed by atoms with van der Waals surface area (Å²) in [6.45, 7) is 0. The summed E-state index contributed by atoms with van der Waals surface area (Å²) in [5, 5.41) is 13.1. The molecule has 2 aromatic heterocycles. The molecular formula is C14H10N2O4S. The van der Waals surface area contributed by atoms with Crippen LogP contribution in [0.2, 0.25) is 0 Å². The standard InChI is InChI=1S/C14H10N2O4S/c1-20-9-5-13(21-7-9)14(17)11-6-15-12-3-2-8(16(18)19)4-10(11)12/h2-7,15H,1H3. The summed E-state index contributed by atoms with van der Waals surface area (Å²) in [5.41, 5.74) is 1.06. The fraction of sp³-hybridized carbons (Fsp3) is 0.0714. The number of aromatic nitrogens is 1. The number of carbonyl (C=O) groups is 1. The van der Waals surface area contributed by atoms with Crippen LogP contribution in [0, 0.1) is 10.1 Å². The first-order chi connectivity index (χ1) is 10.1. The van der Waals surface area contributed by atoms with E-state index in [1.165, 1.54) is 30.6 Å². The lowest BCUT2D eigenvalue weighted by Crippen LogP contribution is -1.97. The molecule has 0 aliphatic heterocycles. The Bertz CT molecular complexity index is 850. The maximum absolute atomic E-state index is 12.5. The lowest BCUT2D eigenvalue weighted by atomic mass is 10.1. The smallest absolute Gasteiger partial charge is 0.270 e. The molecule has 0 saturated carbocycles. The molecule has 7 heteroatoms. The zero-order valence-electron chi connectivity index (χ0n) is 11.0. The number of carbonyl (C=O) groups excluding carboxylic acids is 1. The number of H-pyrrole nitrogens is 1. The zero-order chi connectivity index (χ0) is 15.0. The number of hydrogen-bond donors (Lipinski definition) is 1. The molecule has 0 spiro atoms. The maximum atomic E-state index is 12.5. The molecular weight excluding hydrogens is 292 g/mol. The van der Waals surface area contributed by atoms with E-state index in [9.17, 15) is 14.9 Å². The number of nitrogens with one attached hydrogen (secondary N) is 1.